The first-order valence-electron chi connectivity index (χ1n) is 4.70. The number of aromatic nitrogens is 2. The molecule has 2 aromatic rings. The Morgan fingerprint density at radius 1 is 1.41 bits per heavy atom. The SMILES string of the molecule is Cn1c(C(=O)N=c2sccn2C)cc(Cl)c1Cl. The van der Waals surface area contributed by atoms with Crippen molar-refractivity contribution in [3.8, 4) is 0 Å². The van der Waals surface area contributed by atoms with Crippen LogP contribution in [0.3, 0.4) is 0 Å². The Balaban J connectivity index is 2.46. The van der Waals surface area contributed by atoms with Crippen molar-refractivity contribution in [2.24, 2.45) is 19.1 Å². The molecule has 2 heterocycles. The van der Waals surface area contributed by atoms with Gasteiger partial charge in [-0.3, -0.25) is 4.79 Å². The summed E-state index contributed by atoms with van der Waals surface area (Å²) in [5, 5.41) is 2.54. The van der Waals surface area contributed by atoms with Crippen molar-refractivity contribution < 1.29 is 4.79 Å². The minimum Gasteiger partial charge on any atom is -0.329 e. The molecule has 0 aliphatic rings. The second-order valence-electron chi connectivity index (χ2n) is 3.44. The third-order valence-corrected chi connectivity index (χ3v) is 3.98. The van der Waals surface area contributed by atoms with Gasteiger partial charge in [-0.05, 0) is 6.07 Å². The Morgan fingerprint density at radius 2 is 2.12 bits per heavy atom. The molecular weight excluding hydrogens is 281 g/mol. The zero-order valence-electron chi connectivity index (χ0n) is 9.15. The molecule has 0 saturated carbocycles. The molecule has 7 heteroatoms. The highest BCUT2D eigenvalue weighted by Gasteiger charge is 2.15. The van der Waals surface area contributed by atoms with E-state index in [1.807, 2.05) is 18.6 Å². The van der Waals surface area contributed by atoms with E-state index in [9.17, 15) is 4.79 Å². The van der Waals surface area contributed by atoms with Crippen LogP contribution in [0.2, 0.25) is 10.2 Å². The summed E-state index contributed by atoms with van der Waals surface area (Å²) in [5.74, 6) is -0.362. The van der Waals surface area contributed by atoms with Crippen LogP contribution in [0.4, 0.5) is 0 Å². The van der Waals surface area contributed by atoms with Crippen molar-refractivity contribution >= 4 is 40.4 Å². The van der Waals surface area contributed by atoms with Crippen LogP contribution < -0.4 is 4.80 Å². The topological polar surface area (TPSA) is 39.3 Å². The fraction of sp³-hybridized carbons (Fsp3) is 0.200. The maximum Gasteiger partial charge on any atom is 0.296 e. The largest absolute Gasteiger partial charge is 0.329 e. The molecular formula is C10H9Cl2N3OS. The van der Waals surface area contributed by atoms with E-state index < -0.39 is 0 Å². The van der Waals surface area contributed by atoms with Crippen LogP contribution in [0.25, 0.3) is 0 Å². The maximum atomic E-state index is 11.9. The number of rotatable bonds is 1. The third kappa shape index (κ3) is 2.31. The molecule has 0 unspecified atom stereocenters. The summed E-state index contributed by atoms with van der Waals surface area (Å²) in [6, 6.07) is 1.52. The fourth-order valence-corrected chi connectivity index (χ4v) is 2.43. The van der Waals surface area contributed by atoms with E-state index in [0.717, 1.165) is 0 Å². The van der Waals surface area contributed by atoms with Gasteiger partial charge in [0.25, 0.3) is 5.91 Å². The van der Waals surface area contributed by atoms with Crippen LogP contribution in [-0.2, 0) is 14.1 Å². The molecule has 17 heavy (non-hydrogen) atoms. The molecule has 0 radical (unpaired) electrons. The monoisotopic (exact) mass is 289 g/mol. The quantitative estimate of drug-likeness (QED) is 0.795. The number of carbonyl (C=O) groups excluding carboxylic acids is 1. The third-order valence-electron chi connectivity index (χ3n) is 2.29. The maximum absolute atomic E-state index is 11.9. The van der Waals surface area contributed by atoms with Crippen molar-refractivity contribution in [3.05, 3.63) is 38.3 Å². The van der Waals surface area contributed by atoms with E-state index in [1.54, 1.807) is 11.6 Å². The Labute approximate surface area is 112 Å². The molecule has 4 nitrogen and oxygen atoms in total. The Bertz CT molecular complexity index is 638. The zero-order chi connectivity index (χ0) is 12.6. The summed E-state index contributed by atoms with van der Waals surface area (Å²) in [7, 11) is 3.50. The molecule has 2 rings (SSSR count). The molecule has 0 N–H and O–H groups in total. The zero-order valence-corrected chi connectivity index (χ0v) is 11.5. The van der Waals surface area contributed by atoms with Gasteiger partial charge in [-0.15, -0.1) is 11.3 Å². The first-order valence-corrected chi connectivity index (χ1v) is 6.34. The van der Waals surface area contributed by atoms with Gasteiger partial charge in [0.1, 0.15) is 10.8 Å². The van der Waals surface area contributed by atoms with Gasteiger partial charge >= 0.3 is 0 Å². The van der Waals surface area contributed by atoms with E-state index >= 15 is 0 Å². The van der Waals surface area contributed by atoms with Crippen LogP contribution in [0.15, 0.2) is 22.6 Å². The number of carbonyl (C=O) groups is 1. The van der Waals surface area contributed by atoms with Gasteiger partial charge < -0.3 is 9.13 Å². The van der Waals surface area contributed by atoms with Crippen LogP contribution in [-0.4, -0.2) is 15.0 Å². The van der Waals surface area contributed by atoms with Crippen LogP contribution >= 0.6 is 34.5 Å². The number of thiazole rings is 1. The predicted molar refractivity (Wildman–Crippen MR) is 68.6 cm³/mol. The van der Waals surface area contributed by atoms with Crippen molar-refractivity contribution in [1.29, 1.82) is 0 Å². The highest BCUT2D eigenvalue weighted by atomic mass is 35.5. The number of nitrogens with zero attached hydrogens (tertiary/aromatic N) is 3. The average Bonchev–Trinajstić information content (AvgIpc) is 2.79. The van der Waals surface area contributed by atoms with Gasteiger partial charge in [0.2, 0.25) is 0 Å². The Morgan fingerprint density at radius 3 is 2.59 bits per heavy atom. The Kier molecular flexibility index (Phi) is 3.42. The number of aryl methyl sites for hydroxylation is 1. The molecule has 90 valence electrons. The molecule has 0 spiro atoms. The van der Waals surface area contributed by atoms with Crippen molar-refractivity contribution in [2.75, 3.05) is 0 Å². The molecule has 0 bridgehead atoms. The van der Waals surface area contributed by atoms with Crippen molar-refractivity contribution in [2.45, 2.75) is 0 Å². The van der Waals surface area contributed by atoms with E-state index in [4.69, 9.17) is 23.2 Å². The fourth-order valence-electron chi connectivity index (χ4n) is 1.33. The van der Waals surface area contributed by atoms with Gasteiger partial charge in [-0.25, -0.2) is 0 Å². The summed E-state index contributed by atoms with van der Waals surface area (Å²) in [6.45, 7) is 0. The van der Waals surface area contributed by atoms with E-state index in [-0.39, 0.29) is 5.91 Å². The predicted octanol–water partition coefficient (Wildman–Crippen LogP) is 2.47. The lowest BCUT2D eigenvalue weighted by Gasteiger charge is -1.98. The smallest absolute Gasteiger partial charge is 0.296 e. The van der Waals surface area contributed by atoms with Crippen molar-refractivity contribution in [3.63, 3.8) is 0 Å². The Hall–Kier alpha value is -1.04. The average molecular weight is 290 g/mol. The van der Waals surface area contributed by atoms with Crippen LogP contribution in [0, 0.1) is 0 Å². The highest BCUT2D eigenvalue weighted by molar-refractivity contribution is 7.07. The lowest BCUT2D eigenvalue weighted by atomic mass is 10.4. The normalized spacial score (nSPS) is 12.1. The second kappa shape index (κ2) is 4.68. The van der Waals surface area contributed by atoms with Gasteiger partial charge in [0.05, 0.1) is 5.02 Å². The lowest BCUT2D eigenvalue weighted by Crippen LogP contribution is -2.14. The van der Waals surface area contributed by atoms with Gasteiger partial charge in [0.15, 0.2) is 4.80 Å². The summed E-state index contributed by atoms with van der Waals surface area (Å²) < 4.78 is 3.29. The summed E-state index contributed by atoms with van der Waals surface area (Å²) in [6.07, 6.45) is 1.84. The molecule has 0 saturated heterocycles. The molecule has 0 aromatic carbocycles. The summed E-state index contributed by atoms with van der Waals surface area (Å²) in [5.41, 5.74) is 0.369. The molecule has 0 aliphatic heterocycles. The number of amides is 1. The van der Waals surface area contributed by atoms with E-state index in [0.29, 0.717) is 20.7 Å². The van der Waals surface area contributed by atoms with Crippen molar-refractivity contribution in [1.82, 2.24) is 9.13 Å². The number of hydrogen-bond acceptors (Lipinski definition) is 2. The molecule has 0 aliphatic carbocycles. The first-order chi connectivity index (χ1) is 8.00. The van der Waals surface area contributed by atoms with Gasteiger partial charge in [-0.2, -0.15) is 4.99 Å². The lowest BCUT2D eigenvalue weighted by molar-refractivity contribution is 0.0990. The standard InChI is InChI=1S/C10H9Cl2N3OS/c1-14-3-4-17-10(14)13-9(16)7-5-6(11)8(12)15(7)2/h3-5H,1-2H3. The molecule has 2 aromatic heterocycles. The highest BCUT2D eigenvalue weighted by Crippen LogP contribution is 2.25. The van der Waals surface area contributed by atoms with Gasteiger partial charge in [0, 0.05) is 25.7 Å². The second-order valence-corrected chi connectivity index (χ2v) is 5.08. The molecule has 1 amide bonds. The number of hydrogen-bond donors (Lipinski definition) is 0. The van der Waals surface area contributed by atoms with Gasteiger partial charge in [-0.1, -0.05) is 23.2 Å². The van der Waals surface area contributed by atoms with Crippen LogP contribution in [0.1, 0.15) is 10.5 Å². The number of halogens is 2. The van der Waals surface area contributed by atoms with E-state index in [2.05, 4.69) is 4.99 Å². The van der Waals surface area contributed by atoms with E-state index in [1.165, 1.54) is 22.0 Å². The molecule has 0 fully saturated rings. The minimum absolute atomic E-state index is 0.334. The molecule has 0 atom stereocenters. The van der Waals surface area contributed by atoms with Crippen LogP contribution in [0.5, 0.6) is 0 Å². The summed E-state index contributed by atoms with van der Waals surface area (Å²) >= 11 is 13.1. The minimum atomic E-state index is -0.362. The summed E-state index contributed by atoms with van der Waals surface area (Å²) in [4.78, 5) is 16.6. The first kappa shape index (κ1) is 12.4.